The van der Waals surface area contributed by atoms with E-state index in [1.165, 1.54) is 12.8 Å². The second-order valence-electron chi connectivity index (χ2n) is 3.65. The first kappa shape index (κ1) is 10.2. The van der Waals surface area contributed by atoms with Crippen LogP contribution in [0, 0.1) is 0 Å². The number of rotatable bonds is 4. The van der Waals surface area contributed by atoms with Crippen LogP contribution >= 0.6 is 0 Å². The molecule has 1 aliphatic heterocycles. The van der Waals surface area contributed by atoms with Gasteiger partial charge in [0.1, 0.15) is 5.82 Å². The van der Waals surface area contributed by atoms with Gasteiger partial charge in [0.2, 0.25) is 5.95 Å². The molecule has 0 unspecified atom stereocenters. The minimum Gasteiger partial charge on any atom is -0.356 e. The molecule has 5 nitrogen and oxygen atoms in total. The fourth-order valence-electron chi connectivity index (χ4n) is 1.74. The number of aromatic nitrogens is 2. The lowest BCUT2D eigenvalue weighted by Crippen LogP contribution is -2.20. The van der Waals surface area contributed by atoms with E-state index in [2.05, 4.69) is 20.2 Å². The standard InChI is InChI=1S/C10H17N5/c11-4-6-13-10-12-5-3-9(14-10)15-7-1-2-8-15/h3,5H,1-2,4,6-8,11H2,(H,12,13,14). The Morgan fingerprint density at radius 3 is 2.93 bits per heavy atom. The van der Waals surface area contributed by atoms with Crippen LogP contribution in [0.4, 0.5) is 11.8 Å². The number of anilines is 2. The number of hydrogen-bond acceptors (Lipinski definition) is 5. The third kappa shape index (κ3) is 2.56. The second kappa shape index (κ2) is 4.93. The molecule has 0 spiro atoms. The Morgan fingerprint density at radius 2 is 2.20 bits per heavy atom. The largest absolute Gasteiger partial charge is 0.356 e. The summed E-state index contributed by atoms with van der Waals surface area (Å²) >= 11 is 0. The van der Waals surface area contributed by atoms with Gasteiger partial charge in [0.15, 0.2) is 0 Å². The molecule has 0 radical (unpaired) electrons. The molecular formula is C10H17N5. The van der Waals surface area contributed by atoms with Gasteiger partial charge >= 0.3 is 0 Å². The zero-order chi connectivity index (χ0) is 10.5. The monoisotopic (exact) mass is 207 g/mol. The average Bonchev–Trinajstić information content (AvgIpc) is 2.80. The van der Waals surface area contributed by atoms with Crippen LogP contribution < -0.4 is 16.0 Å². The maximum atomic E-state index is 5.41. The highest BCUT2D eigenvalue weighted by atomic mass is 15.2. The van der Waals surface area contributed by atoms with Crippen molar-refractivity contribution in [3.05, 3.63) is 12.3 Å². The van der Waals surface area contributed by atoms with E-state index < -0.39 is 0 Å². The van der Waals surface area contributed by atoms with E-state index in [1.54, 1.807) is 6.20 Å². The van der Waals surface area contributed by atoms with Gasteiger partial charge in [-0.3, -0.25) is 0 Å². The van der Waals surface area contributed by atoms with Crippen molar-refractivity contribution in [3.8, 4) is 0 Å². The maximum absolute atomic E-state index is 5.41. The molecule has 1 saturated heterocycles. The van der Waals surface area contributed by atoms with E-state index in [0.29, 0.717) is 19.0 Å². The summed E-state index contributed by atoms with van der Waals surface area (Å²) in [5.74, 6) is 1.69. The van der Waals surface area contributed by atoms with E-state index >= 15 is 0 Å². The first-order valence-electron chi connectivity index (χ1n) is 5.42. The Kier molecular flexibility index (Phi) is 3.34. The Labute approximate surface area is 89.7 Å². The van der Waals surface area contributed by atoms with E-state index in [0.717, 1.165) is 18.9 Å². The van der Waals surface area contributed by atoms with Crippen molar-refractivity contribution >= 4 is 11.8 Å². The molecule has 2 heterocycles. The van der Waals surface area contributed by atoms with Crippen LogP contribution in [0.5, 0.6) is 0 Å². The molecular weight excluding hydrogens is 190 g/mol. The molecule has 0 aliphatic carbocycles. The van der Waals surface area contributed by atoms with Crippen molar-refractivity contribution in [3.63, 3.8) is 0 Å². The molecule has 0 saturated carbocycles. The molecule has 0 bridgehead atoms. The van der Waals surface area contributed by atoms with Crippen LogP contribution in [0.15, 0.2) is 12.3 Å². The summed E-state index contributed by atoms with van der Waals surface area (Å²) in [6.45, 7) is 3.52. The van der Waals surface area contributed by atoms with Crippen molar-refractivity contribution < 1.29 is 0 Å². The fourth-order valence-corrected chi connectivity index (χ4v) is 1.74. The molecule has 0 atom stereocenters. The zero-order valence-corrected chi connectivity index (χ0v) is 8.82. The molecule has 1 aromatic heterocycles. The molecule has 1 aliphatic rings. The summed E-state index contributed by atoms with van der Waals surface area (Å²) in [6.07, 6.45) is 4.31. The normalized spacial score (nSPS) is 15.7. The van der Waals surface area contributed by atoms with E-state index in [1.807, 2.05) is 6.07 Å². The lowest BCUT2D eigenvalue weighted by Gasteiger charge is -2.16. The van der Waals surface area contributed by atoms with Gasteiger partial charge in [-0.1, -0.05) is 0 Å². The van der Waals surface area contributed by atoms with Crippen LogP contribution in [0.1, 0.15) is 12.8 Å². The third-order valence-electron chi connectivity index (χ3n) is 2.50. The maximum Gasteiger partial charge on any atom is 0.224 e. The number of nitrogens with one attached hydrogen (secondary N) is 1. The molecule has 5 heteroatoms. The van der Waals surface area contributed by atoms with Gasteiger partial charge in [-0.25, -0.2) is 4.98 Å². The first-order valence-corrected chi connectivity index (χ1v) is 5.42. The van der Waals surface area contributed by atoms with E-state index in [-0.39, 0.29) is 0 Å². The third-order valence-corrected chi connectivity index (χ3v) is 2.50. The highest BCUT2D eigenvalue weighted by Gasteiger charge is 2.13. The average molecular weight is 207 g/mol. The zero-order valence-electron chi connectivity index (χ0n) is 8.82. The van der Waals surface area contributed by atoms with Crippen molar-refractivity contribution in [2.75, 3.05) is 36.4 Å². The minimum atomic E-state index is 0.595. The Morgan fingerprint density at radius 1 is 1.40 bits per heavy atom. The second-order valence-corrected chi connectivity index (χ2v) is 3.65. The Balaban J connectivity index is 2.04. The van der Waals surface area contributed by atoms with Gasteiger partial charge in [-0.15, -0.1) is 0 Å². The lowest BCUT2D eigenvalue weighted by atomic mass is 10.4. The molecule has 1 aromatic rings. The Bertz CT molecular complexity index is 308. The van der Waals surface area contributed by atoms with Gasteiger partial charge in [-0.05, 0) is 18.9 Å². The summed E-state index contributed by atoms with van der Waals surface area (Å²) in [6, 6.07) is 1.96. The van der Waals surface area contributed by atoms with Gasteiger partial charge in [0.25, 0.3) is 0 Å². The highest BCUT2D eigenvalue weighted by Crippen LogP contribution is 2.17. The topological polar surface area (TPSA) is 67.1 Å². The predicted octanol–water partition coefficient (Wildman–Crippen LogP) is 0.447. The summed E-state index contributed by atoms with van der Waals surface area (Å²) < 4.78 is 0. The highest BCUT2D eigenvalue weighted by molar-refractivity contribution is 5.43. The molecule has 1 fully saturated rings. The van der Waals surface area contributed by atoms with Crippen LogP contribution in [0.2, 0.25) is 0 Å². The lowest BCUT2D eigenvalue weighted by molar-refractivity contribution is 0.919. The Hall–Kier alpha value is -1.36. The minimum absolute atomic E-state index is 0.595. The van der Waals surface area contributed by atoms with Crippen LogP contribution in [0.25, 0.3) is 0 Å². The molecule has 82 valence electrons. The smallest absolute Gasteiger partial charge is 0.224 e. The van der Waals surface area contributed by atoms with Crippen molar-refractivity contribution in [2.24, 2.45) is 5.73 Å². The van der Waals surface area contributed by atoms with Gasteiger partial charge < -0.3 is 16.0 Å². The molecule has 2 rings (SSSR count). The number of nitrogens with zero attached hydrogens (tertiary/aromatic N) is 3. The van der Waals surface area contributed by atoms with Gasteiger partial charge in [0, 0.05) is 32.4 Å². The number of hydrogen-bond donors (Lipinski definition) is 2. The molecule has 0 amide bonds. The SMILES string of the molecule is NCCNc1nccc(N2CCCC2)n1. The summed E-state index contributed by atoms with van der Waals surface area (Å²) in [5.41, 5.74) is 5.41. The molecule has 0 aromatic carbocycles. The predicted molar refractivity (Wildman–Crippen MR) is 61.0 cm³/mol. The van der Waals surface area contributed by atoms with Gasteiger partial charge in [0.05, 0.1) is 0 Å². The van der Waals surface area contributed by atoms with Crippen molar-refractivity contribution in [2.45, 2.75) is 12.8 Å². The van der Waals surface area contributed by atoms with Crippen LogP contribution in [-0.2, 0) is 0 Å². The van der Waals surface area contributed by atoms with E-state index in [9.17, 15) is 0 Å². The van der Waals surface area contributed by atoms with E-state index in [4.69, 9.17) is 5.73 Å². The summed E-state index contributed by atoms with van der Waals surface area (Å²) in [5, 5.41) is 3.08. The number of nitrogens with two attached hydrogens (primary N) is 1. The van der Waals surface area contributed by atoms with Crippen molar-refractivity contribution in [1.82, 2.24) is 9.97 Å². The van der Waals surface area contributed by atoms with Crippen LogP contribution in [0.3, 0.4) is 0 Å². The summed E-state index contributed by atoms with van der Waals surface area (Å²) in [7, 11) is 0. The quantitative estimate of drug-likeness (QED) is 0.750. The fraction of sp³-hybridized carbons (Fsp3) is 0.600. The molecule has 15 heavy (non-hydrogen) atoms. The first-order chi connectivity index (χ1) is 7.40. The molecule has 3 N–H and O–H groups in total. The van der Waals surface area contributed by atoms with Crippen LogP contribution in [-0.4, -0.2) is 36.1 Å². The van der Waals surface area contributed by atoms with Gasteiger partial charge in [-0.2, -0.15) is 4.98 Å². The van der Waals surface area contributed by atoms with Crippen molar-refractivity contribution in [1.29, 1.82) is 0 Å². The summed E-state index contributed by atoms with van der Waals surface area (Å²) in [4.78, 5) is 10.9.